The Balaban J connectivity index is 1.31. The molecule has 0 atom stereocenters. The zero-order valence-corrected chi connectivity index (χ0v) is 18.0. The van der Waals surface area contributed by atoms with Crippen LogP contribution in [0.25, 0.3) is 11.3 Å². The monoisotopic (exact) mass is 406 g/mol. The molecule has 6 nitrogen and oxygen atoms in total. The highest BCUT2D eigenvalue weighted by Crippen LogP contribution is 2.39. The van der Waals surface area contributed by atoms with Gasteiger partial charge in [-0.3, -0.25) is 9.48 Å². The van der Waals surface area contributed by atoms with E-state index in [0.717, 1.165) is 60.5 Å². The zero-order chi connectivity index (χ0) is 21.1. The Bertz CT molecular complexity index is 1010. The largest absolute Gasteiger partial charge is 0.356 e. The molecule has 3 aromatic rings. The average molecular weight is 407 g/mol. The van der Waals surface area contributed by atoms with E-state index in [0.29, 0.717) is 18.3 Å². The van der Waals surface area contributed by atoms with Crippen molar-refractivity contribution in [2.75, 3.05) is 6.54 Å². The van der Waals surface area contributed by atoms with Gasteiger partial charge < -0.3 is 9.84 Å². The number of nitrogens with zero attached hydrogens (tertiary/aromatic N) is 3. The lowest BCUT2D eigenvalue weighted by Gasteiger charge is -2.28. The molecule has 158 valence electrons. The first-order chi connectivity index (χ1) is 14.5. The maximum Gasteiger partial charge on any atom is 0.224 e. The van der Waals surface area contributed by atoms with Crippen molar-refractivity contribution in [3.63, 3.8) is 0 Å². The van der Waals surface area contributed by atoms with Crippen LogP contribution in [-0.2, 0) is 18.3 Å². The van der Waals surface area contributed by atoms with Gasteiger partial charge >= 0.3 is 0 Å². The van der Waals surface area contributed by atoms with Crippen molar-refractivity contribution in [1.82, 2.24) is 20.3 Å². The smallest absolute Gasteiger partial charge is 0.224 e. The quantitative estimate of drug-likeness (QED) is 0.661. The Kier molecular flexibility index (Phi) is 6.02. The SMILES string of the molecule is Cc1cc(-c2cn(C)nc2C2CCC(CNC(=O)Cc3ccccc3C)CC2)on1. The second kappa shape index (κ2) is 8.86. The molecule has 1 N–H and O–H groups in total. The molecule has 0 saturated heterocycles. The highest BCUT2D eigenvalue weighted by Gasteiger charge is 2.28. The summed E-state index contributed by atoms with van der Waals surface area (Å²) in [6.45, 7) is 4.74. The third-order valence-corrected chi connectivity index (χ3v) is 6.18. The van der Waals surface area contributed by atoms with Gasteiger partial charge in [0.05, 0.1) is 23.4 Å². The predicted octanol–water partition coefficient (Wildman–Crippen LogP) is 4.32. The normalized spacial score (nSPS) is 19.0. The van der Waals surface area contributed by atoms with Gasteiger partial charge in [-0.1, -0.05) is 29.4 Å². The van der Waals surface area contributed by atoms with Crippen molar-refractivity contribution in [2.45, 2.75) is 51.9 Å². The lowest BCUT2D eigenvalue weighted by molar-refractivity contribution is -0.120. The van der Waals surface area contributed by atoms with Gasteiger partial charge in [0, 0.05) is 31.8 Å². The standard InChI is InChI=1S/C24H30N4O2/c1-16-6-4-5-7-20(16)13-23(29)25-14-18-8-10-19(11-9-18)24-21(15-28(3)26-24)22-12-17(2)27-30-22/h4-7,12,15,18-19H,8-11,13-14H2,1-3H3,(H,25,29). The van der Waals surface area contributed by atoms with Crippen molar-refractivity contribution in [3.05, 3.63) is 59.0 Å². The number of aryl methyl sites for hydroxylation is 3. The van der Waals surface area contributed by atoms with Crippen LogP contribution in [-0.4, -0.2) is 27.4 Å². The Hall–Kier alpha value is -2.89. The number of carbonyl (C=O) groups is 1. The Morgan fingerprint density at radius 2 is 1.97 bits per heavy atom. The molecule has 0 bridgehead atoms. The summed E-state index contributed by atoms with van der Waals surface area (Å²) in [4.78, 5) is 12.4. The highest BCUT2D eigenvalue weighted by atomic mass is 16.5. The number of amides is 1. The van der Waals surface area contributed by atoms with E-state index in [4.69, 9.17) is 9.62 Å². The first-order valence-electron chi connectivity index (χ1n) is 10.8. The van der Waals surface area contributed by atoms with Crippen LogP contribution in [0.5, 0.6) is 0 Å². The number of aromatic nitrogens is 3. The van der Waals surface area contributed by atoms with Gasteiger partial charge in [-0.05, 0) is 56.6 Å². The molecular weight excluding hydrogens is 376 g/mol. The fourth-order valence-corrected chi connectivity index (χ4v) is 4.43. The summed E-state index contributed by atoms with van der Waals surface area (Å²) in [6.07, 6.45) is 6.83. The first-order valence-corrected chi connectivity index (χ1v) is 10.8. The molecule has 0 spiro atoms. The first kappa shape index (κ1) is 20.4. The van der Waals surface area contributed by atoms with Crippen LogP contribution in [0.1, 0.15) is 54.1 Å². The predicted molar refractivity (Wildman–Crippen MR) is 116 cm³/mol. The summed E-state index contributed by atoms with van der Waals surface area (Å²) in [5, 5.41) is 11.9. The zero-order valence-electron chi connectivity index (χ0n) is 18.0. The van der Waals surface area contributed by atoms with E-state index in [1.807, 2.05) is 49.1 Å². The Morgan fingerprint density at radius 1 is 1.20 bits per heavy atom. The van der Waals surface area contributed by atoms with Gasteiger partial charge in [-0.2, -0.15) is 5.10 Å². The fraction of sp³-hybridized carbons (Fsp3) is 0.458. The third-order valence-electron chi connectivity index (χ3n) is 6.18. The molecule has 1 aliphatic rings. The number of benzene rings is 1. The highest BCUT2D eigenvalue weighted by molar-refractivity contribution is 5.78. The van der Waals surface area contributed by atoms with Crippen LogP contribution < -0.4 is 5.32 Å². The molecule has 2 heterocycles. The minimum absolute atomic E-state index is 0.110. The molecule has 0 unspecified atom stereocenters. The van der Waals surface area contributed by atoms with E-state index in [9.17, 15) is 4.79 Å². The number of rotatable bonds is 6. The summed E-state index contributed by atoms with van der Waals surface area (Å²) in [7, 11) is 1.95. The molecule has 1 fully saturated rings. The van der Waals surface area contributed by atoms with E-state index < -0.39 is 0 Å². The molecule has 1 aromatic carbocycles. The molecule has 4 rings (SSSR count). The number of carbonyl (C=O) groups excluding carboxylic acids is 1. The molecule has 1 amide bonds. The summed E-state index contributed by atoms with van der Waals surface area (Å²) in [6, 6.07) is 10.0. The van der Waals surface area contributed by atoms with Gasteiger partial charge in [-0.15, -0.1) is 0 Å². The molecular formula is C24H30N4O2. The second-order valence-electron chi connectivity index (χ2n) is 8.56. The van der Waals surface area contributed by atoms with Gasteiger partial charge in [0.25, 0.3) is 0 Å². The van der Waals surface area contributed by atoms with Gasteiger partial charge in [0.1, 0.15) is 0 Å². The fourth-order valence-electron chi connectivity index (χ4n) is 4.43. The summed E-state index contributed by atoms with van der Waals surface area (Å²) >= 11 is 0. The topological polar surface area (TPSA) is 73.0 Å². The van der Waals surface area contributed by atoms with Crippen LogP contribution in [0.3, 0.4) is 0 Å². The summed E-state index contributed by atoms with van der Waals surface area (Å²) < 4.78 is 7.35. The minimum Gasteiger partial charge on any atom is -0.356 e. The molecule has 6 heteroatoms. The van der Waals surface area contributed by atoms with Crippen molar-refractivity contribution < 1.29 is 9.32 Å². The average Bonchev–Trinajstić information content (AvgIpc) is 3.34. The van der Waals surface area contributed by atoms with E-state index in [2.05, 4.69) is 23.5 Å². The lowest BCUT2D eigenvalue weighted by atomic mass is 9.79. The van der Waals surface area contributed by atoms with Crippen LogP contribution >= 0.6 is 0 Å². The third kappa shape index (κ3) is 4.64. The Morgan fingerprint density at radius 3 is 2.67 bits per heavy atom. The molecule has 0 radical (unpaired) electrons. The van der Waals surface area contributed by atoms with Crippen LogP contribution in [0.15, 0.2) is 41.1 Å². The molecule has 0 aliphatic heterocycles. The molecule has 2 aromatic heterocycles. The maximum atomic E-state index is 12.4. The summed E-state index contributed by atoms with van der Waals surface area (Å²) in [5.74, 6) is 1.85. The van der Waals surface area contributed by atoms with Crippen LogP contribution in [0.4, 0.5) is 0 Å². The van der Waals surface area contributed by atoms with E-state index in [-0.39, 0.29) is 5.91 Å². The van der Waals surface area contributed by atoms with Gasteiger partial charge in [0.15, 0.2) is 5.76 Å². The van der Waals surface area contributed by atoms with Crippen LogP contribution in [0.2, 0.25) is 0 Å². The van der Waals surface area contributed by atoms with E-state index in [1.54, 1.807) is 0 Å². The molecule has 1 saturated carbocycles. The van der Waals surface area contributed by atoms with E-state index in [1.165, 1.54) is 5.56 Å². The second-order valence-corrected chi connectivity index (χ2v) is 8.56. The van der Waals surface area contributed by atoms with Crippen molar-refractivity contribution in [3.8, 4) is 11.3 Å². The Labute approximate surface area is 177 Å². The van der Waals surface area contributed by atoms with Gasteiger partial charge in [-0.25, -0.2) is 0 Å². The lowest BCUT2D eigenvalue weighted by Crippen LogP contribution is -2.32. The van der Waals surface area contributed by atoms with Crippen LogP contribution in [0, 0.1) is 19.8 Å². The molecule has 1 aliphatic carbocycles. The summed E-state index contributed by atoms with van der Waals surface area (Å²) in [5.41, 5.74) is 5.30. The molecule has 30 heavy (non-hydrogen) atoms. The number of hydrogen-bond acceptors (Lipinski definition) is 4. The maximum absolute atomic E-state index is 12.4. The van der Waals surface area contributed by atoms with E-state index >= 15 is 0 Å². The van der Waals surface area contributed by atoms with Crippen molar-refractivity contribution >= 4 is 5.91 Å². The number of hydrogen-bond donors (Lipinski definition) is 1. The van der Waals surface area contributed by atoms with Crippen molar-refractivity contribution in [2.24, 2.45) is 13.0 Å². The van der Waals surface area contributed by atoms with Gasteiger partial charge in [0.2, 0.25) is 5.91 Å². The minimum atomic E-state index is 0.110. The number of nitrogens with one attached hydrogen (secondary N) is 1. The van der Waals surface area contributed by atoms with Crippen molar-refractivity contribution in [1.29, 1.82) is 0 Å².